The van der Waals surface area contributed by atoms with Crippen LogP contribution in [0.4, 0.5) is 0 Å². The lowest BCUT2D eigenvalue weighted by molar-refractivity contribution is -0.122. The highest BCUT2D eigenvalue weighted by Gasteiger charge is 2.19. The second kappa shape index (κ2) is 6.91. The van der Waals surface area contributed by atoms with E-state index in [9.17, 15) is 4.79 Å². The van der Waals surface area contributed by atoms with E-state index in [2.05, 4.69) is 5.32 Å². The number of carbonyl (C=O) groups excluding carboxylic acids is 1. The third-order valence-corrected chi connectivity index (χ3v) is 2.62. The zero-order valence-electron chi connectivity index (χ0n) is 10.4. The number of amides is 1. The summed E-state index contributed by atoms with van der Waals surface area (Å²) >= 11 is 0. The van der Waals surface area contributed by atoms with Crippen LogP contribution >= 0.6 is 0 Å². The first kappa shape index (κ1) is 13.5. The highest BCUT2D eigenvalue weighted by Crippen LogP contribution is 2.23. The van der Waals surface area contributed by atoms with Crippen molar-refractivity contribution in [2.24, 2.45) is 5.73 Å². The summed E-state index contributed by atoms with van der Waals surface area (Å²) < 4.78 is 5.16. The minimum Gasteiger partial charge on any atom is -0.497 e. The van der Waals surface area contributed by atoms with E-state index in [0.717, 1.165) is 11.3 Å². The smallest absolute Gasteiger partial charge is 0.227 e. The number of hydrogen-bond acceptors (Lipinski definition) is 3. The van der Waals surface area contributed by atoms with Crippen molar-refractivity contribution >= 4 is 5.91 Å². The Balaban J connectivity index is 2.91. The normalized spacial score (nSPS) is 11.9. The molecule has 1 rings (SSSR count). The van der Waals surface area contributed by atoms with Gasteiger partial charge in [-0.2, -0.15) is 0 Å². The summed E-state index contributed by atoms with van der Waals surface area (Å²) in [6.45, 7) is 3.02. The van der Waals surface area contributed by atoms with Crippen LogP contribution in [0, 0.1) is 0 Å². The second-order valence-corrected chi connectivity index (χ2v) is 3.80. The SMILES string of the molecule is CCNC(=O)C(CCN)c1cccc(OC)c1. The van der Waals surface area contributed by atoms with Crippen molar-refractivity contribution in [2.75, 3.05) is 20.2 Å². The number of carbonyl (C=O) groups is 1. The zero-order valence-corrected chi connectivity index (χ0v) is 10.4. The number of nitrogens with two attached hydrogens (primary N) is 1. The van der Waals surface area contributed by atoms with Crippen molar-refractivity contribution in [2.45, 2.75) is 19.3 Å². The lowest BCUT2D eigenvalue weighted by Gasteiger charge is -2.16. The molecule has 0 fully saturated rings. The van der Waals surface area contributed by atoms with Crippen LogP contribution in [0.5, 0.6) is 5.75 Å². The first-order valence-electron chi connectivity index (χ1n) is 5.84. The number of rotatable bonds is 6. The van der Waals surface area contributed by atoms with E-state index in [0.29, 0.717) is 19.5 Å². The number of benzene rings is 1. The monoisotopic (exact) mass is 236 g/mol. The van der Waals surface area contributed by atoms with E-state index in [1.165, 1.54) is 0 Å². The molecule has 0 spiro atoms. The fourth-order valence-corrected chi connectivity index (χ4v) is 1.77. The van der Waals surface area contributed by atoms with Gasteiger partial charge in [-0.25, -0.2) is 0 Å². The van der Waals surface area contributed by atoms with Gasteiger partial charge in [-0.15, -0.1) is 0 Å². The van der Waals surface area contributed by atoms with Gasteiger partial charge in [0.05, 0.1) is 13.0 Å². The van der Waals surface area contributed by atoms with Crippen LogP contribution in [0.25, 0.3) is 0 Å². The van der Waals surface area contributed by atoms with E-state index < -0.39 is 0 Å². The third-order valence-electron chi connectivity index (χ3n) is 2.62. The van der Waals surface area contributed by atoms with Crippen LogP contribution < -0.4 is 15.8 Å². The highest BCUT2D eigenvalue weighted by atomic mass is 16.5. The predicted molar refractivity (Wildman–Crippen MR) is 68.1 cm³/mol. The topological polar surface area (TPSA) is 64.4 Å². The average molecular weight is 236 g/mol. The Morgan fingerprint density at radius 3 is 2.88 bits per heavy atom. The van der Waals surface area contributed by atoms with Gasteiger partial charge in [0.15, 0.2) is 0 Å². The first-order valence-corrected chi connectivity index (χ1v) is 5.84. The molecule has 0 saturated heterocycles. The minimum absolute atomic E-state index is 0.0196. The van der Waals surface area contributed by atoms with Crippen LogP contribution in [0.3, 0.4) is 0 Å². The van der Waals surface area contributed by atoms with Crippen LogP contribution in [0.1, 0.15) is 24.8 Å². The van der Waals surface area contributed by atoms with Gasteiger partial charge in [0.2, 0.25) is 5.91 Å². The summed E-state index contributed by atoms with van der Waals surface area (Å²) in [5.74, 6) is 0.579. The maximum absolute atomic E-state index is 11.9. The Morgan fingerprint density at radius 1 is 1.53 bits per heavy atom. The molecular weight excluding hydrogens is 216 g/mol. The Kier molecular flexibility index (Phi) is 5.49. The molecule has 0 aliphatic heterocycles. The molecule has 1 amide bonds. The summed E-state index contributed by atoms with van der Waals surface area (Å²) in [4.78, 5) is 11.9. The Morgan fingerprint density at radius 2 is 2.29 bits per heavy atom. The van der Waals surface area contributed by atoms with Crippen molar-refractivity contribution in [1.82, 2.24) is 5.32 Å². The summed E-state index contributed by atoms with van der Waals surface area (Å²) in [6.07, 6.45) is 0.638. The van der Waals surface area contributed by atoms with Crippen molar-refractivity contribution in [1.29, 1.82) is 0 Å². The van der Waals surface area contributed by atoms with Crippen molar-refractivity contribution in [3.8, 4) is 5.75 Å². The minimum atomic E-state index is -0.199. The summed E-state index contributed by atoms with van der Waals surface area (Å²) in [7, 11) is 1.61. The fourth-order valence-electron chi connectivity index (χ4n) is 1.77. The van der Waals surface area contributed by atoms with Crippen molar-refractivity contribution in [3.63, 3.8) is 0 Å². The molecule has 94 valence electrons. The molecule has 0 aliphatic carbocycles. The van der Waals surface area contributed by atoms with E-state index in [1.807, 2.05) is 31.2 Å². The zero-order chi connectivity index (χ0) is 12.7. The molecular formula is C13H20N2O2. The Hall–Kier alpha value is -1.55. The second-order valence-electron chi connectivity index (χ2n) is 3.80. The predicted octanol–water partition coefficient (Wildman–Crippen LogP) is 1.26. The van der Waals surface area contributed by atoms with Crippen LogP contribution in [0.15, 0.2) is 24.3 Å². The molecule has 3 N–H and O–H groups in total. The van der Waals surface area contributed by atoms with Gasteiger partial charge in [-0.1, -0.05) is 12.1 Å². The molecule has 0 radical (unpaired) electrons. The molecule has 0 bridgehead atoms. The molecule has 4 nitrogen and oxygen atoms in total. The van der Waals surface area contributed by atoms with Crippen LogP contribution in [0.2, 0.25) is 0 Å². The van der Waals surface area contributed by atoms with Crippen molar-refractivity contribution in [3.05, 3.63) is 29.8 Å². The van der Waals surface area contributed by atoms with Crippen molar-refractivity contribution < 1.29 is 9.53 Å². The summed E-state index contributed by atoms with van der Waals surface area (Å²) in [5, 5.41) is 2.83. The number of ether oxygens (including phenoxy) is 1. The molecule has 1 atom stereocenters. The molecule has 1 aromatic rings. The van der Waals surface area contributed by atoms with E-state index >= 15 is 0 Å². The van der Waals surface area contributed by atoms with Gasteiger partial charge in [-0.05, 0) is 37.6 Å². The number of nitrogens with one attached hydrogen (secondary N) is 1. The van der Waals surface area contributed by atoms with Crippen LogP contribution in [-0.2, 0) is 4.79 Å². The molecule has 0 aromatic heterocycles. The number of hydrogen-bond donors (Lipinski definition) is 2. The van der Waals surface area contributed by atoms with Gasteiger partial charge in [0, 0.05) is 6.54 Å². The Labute approximate surface area is 102 Å². The highest BCUT2D eigenvalue weighted by molar-refractivity contribution is 5.83. The Bertz CT molecular complexity index is 366. The first-order chi connectivity index (χ1) is 8.22. The standard InChI is InChI=1S/C13H20N2O2/c1-3-15-13(16)12(7-8-14)10-5-4-6-11(9-10)17-2/h4-6,9,12H,3,7-8,14H2,1-2H3,(H,15,16). The van der Waals surface area contributed by atoms with E-state index in [4.69, 9.17) is 10.5 Å². The lowest BCUT2D eigenvalue weighted by Crippen LogP contribution is -2.30. The number of likely N-dealkylation sites (N-methyl/N-ethyl adjacent to an activating group) is 1. The fraction of sp³-hybridized carbons (Fsp3) is 0.462. The van der Waals surface area contributed by atoms with Gasteiger partial charge in [0.1, 0.15) is 5.75 Å². The van der Waals surface area contributed by atoms with Gasteiger partial charge in [-0.3, -0.25) is 4.79 Å². The molecule has 0 saturated carbocycles. The molecule has 17 heavy (non-hydrogen) atoms. The van der Waals surface area contributed by atoms with Gasteiger partial charge >= 0.3 is 0 Å². The maximum Gasteiger partial charge on any atom is 0.227 e. The largest absolute Gasteiger partial charge is 0.497 e. The number of methoxy groups -OCH3 is 1. The molecule has 0 aliphatic rings. The average Bonchev–Trinajstić information content (AvgIpc) is 2.36. The van der Waals surface area contributed by atoms with Gasteiger partial charge in [0.25, 0.3) is 0 Å². The van der Waals surface area contributed by atoms with Crippen LogP contribution in [-0.4, -0.2) is 26.1 Å². The summed E-state index contributed by atoms with van der Waals surface area (Å²) in [5.41, 5.74) is 6.51. The lowest BCUT2D eigenvalue weighted by atomic mass is 9.94. The quantitative estimate of drug-likeness (QED) is 0.781. The molecule has 1 unspecified atom stereocenters. The molecule has 0 heterocycles. The third kappa shape index (κ3) is 3.75. The van der Waals surface area contributed by atoms with E-state index in [-0.39, 0.29) is 11.8 Å². The van der Waals surface area contributed by atoms with E-state index in [1.54, 1.807) is 7.11 Å². The molecule has 4 heteroatoms. The summed E-state index contributed by atoms with van der Waals surface area (Å²) in [6, 6.07) is 7.56. The van der Waals surface area contributed by atoms with Gasteiger partial charge < -0.3 is 15.8 Å². The maximum atomic E-state index is 11.9. The molecule has 1 aromatic carbocycles.